The molecule has 0 aliphatic heterocycles. The molecule has 396 valence electrons. The van der Waals surface area contributed by atoms with Gasteiger partial charge in [0.15, 0.2) is 0 Å². The fourth-order valence-electron chi connectivity index (χ4n) is 6.33. The first-order valence-corrected chi connectivity index (χ1v) is 22.5. The number of aliphatic hydroxyl groups excluding tert-OH is 3. The van der Waals surface area contributed by atoms with Crippen LogP contribution >= 0.6 is 0 Å². The summed E-state index contributed by atoms with van der Waals surface area (Å²) in [5.41, 5.74) is 21.7. The second-order valence-corrected chi connectivity index (χ2v) is 17.0. The van der Waals surface area contributed by atoms with E-state index >= 15 is 0 Å². The molecule has 71 heavy (non-hydrogen) atoms. The Hall–Kier alpha value is -7.30. The molecule has 28 nitrogen and oxygen atoms in total. The van der Waals surface area contributed by atoms with E-state index in [1.165, 1.54) is 6.92 Å². The van der Waals surface area contributed by atoms with Crippen LogP contribution in [0.3, 0.4) is 0 Å². The summed E-state index contributed by atoms with van der Waals surface area (Å²) >= 11 is 0. The quantitative estimate of drug-likeness (QED) is 0.0319. The summed E-state index contributed by atoms with van der Waals surface area (Å²) in [6.45, 7) is 4.74. The topological polar surface area (TPSA) is 478 Å². The van der Waals surface area contributed by atoms with Crippen LogP contribution in [-0.2, 0) is 64.0 Å². The van der Waals surface area contributed by atoms with E-state index in [0.29, 0.717) is 12.0 Å². The SMILES string of the molecule is CC[C@H](C)[C@H](NC(=O)[C@H](C)NC(=O)CNC(=O)[C@H](Cc1ccccc1)NC(=O)[C@H](CC(N)=O)NC(=O)[C@H](CC(N)=O)NC(=O)[C@@H](N)CO)C(=O)N[C@@H](CC(C)C)C(=O)N[C@@H](CO)C(=O)N[C@@H](CO)C(N)=O. The van der Waals surface area contributed by atoms with Crippen molar-refractivity contribution in [2.45, 2.75) is 121 Å². The van der Waals surface area contributed by atoms with Gasteiger partial charge in [0.25, 0.3) is 0 Å². The van der Waals surface area contributed by atoms with Gasteiger partial charge in [-0.05, 0) is 30.7 Å². The molecule has 12 amide bonds. The summed E-state index contributed by atoms with van der Waals surface area (Å²) in [4.78, 5) is 154. The predicted octanol–water partition coefficient (Wildman–Crippen LogP) is -8.12. The first-order chi connectivity index (χ1) is 33.3. The Balaban J connectivity index is 3.19. The van der Waals surface area contributed by atoms with Crippen molar-refractivity contribution in [3.8, 4) is 0 Å². The Kier molecular flexibility index (Phi) is 27.0. The van der Waals surface area contributed by atoms with Crippen LogP contribution < -0.4 is 70.8 Å². The van der Waals surface area contributed by atoms with E-state index in [0.717, 1.165) is 0 Å². The highest BCUT2D eigenvalue weighted by Gasteiger charge is 2.35. The molecule has 0 aliphatic carbocycles. The van der Waals surface area contributed by atoms with Gasteiger partial charge in [-0.2, -0.15) is 0 Å². The van der Waals surface area contributed by atoms with Crippen molar-refractivity contribution in [3.05, 3.63) is 35.9 Å². The minimum absolute atomic E-state index is 0.0278. The Morgan fingerprint density at radius 2 is 0.986 bits per heavy atom. The average molecular weight is 1010 g/mol. The molecule has 10 atom stereocenters. The minimum atomic E-state index is -1.79. The van der Waals surface area contributed by atoms with Crippen molar-refractivity contribution in [3.63, 3.8) is 0 Å². The van der Waals surface area contributed by atoms with Crippen molar-refractivity contribution < 1.29 is 72.9 Å². The van der Waals surface area contributed by atoms with Gasteiger partial charge in [-0.15, -0.1) is 0 Å². The lowest BCUT2D eigenvalue weighted by atomic mass is 9.96. The minimum Gasteiger partial charge on any atom is -0.394 e. The molecule has 0 heterocycles. The van der Waals surface area contributed by atoms with Crippen molar-refractivity contribution in [1.29, 1.82) is 0 Å². The Morgan fingerprint density at radius 3 is 1.46 bits per heavy atom. The highest BCUT2D eigenvalue weighted by atomic mass is 16.3. The van der Waals surface area contributed by atoms with E-state index in [-0.39, 0.29) is 18.8 Å². The molecule has 1 aromatic rings. The lowest BCUT2D eigenvalue weighted by Gasteiger charge is -2.29. The summed E-state index contributed by atoms with van der Waals surface area (Å²) in [6.07, 6.45) is -1.45. The molecule has 0 aliphatic rings. The largest absolute Gasteiger partial charge is 0.394 e. The smallest absolute Gasteiger partial charge is 0.245 e. The lowest BCUT2D eigenvalue weighted by molar-refractivity contribution is -0.136. The highest BCUT2D eigenvalue weighted by molar-refractivity contribution is 5.99. The number of nitrogens with one attached hydrogen (secondary N) is 9. The summed E-state index contributed by atoms with van der Waals surface area (Å²) in [7, 11) is 0. The zero-order valence-electron chi connectivity index (χ0n) is 40.2. The lowest BCUT2D eigenvalue weighted by Crippen LogP contribution is -2.61. The highest BCUT2D eigenvalue weighted by Crippen LogP contribution is 2.12. The van der Waals surface area contributed by atoms with Gasteiger partial charge in [0, 0.05) is 6.42 Å². The maximum atomic E-state index is 13.7. The monoisotopic (exact) mass is 1010 g/mol. The van der Waals surface area contributed by atoms with E-state index in [1.54, 1.807) is 58.0 Å². The maximum Gasteiger partial charge on any atom is 0.245 e. The van der Waals surface area contributed by atoms with E-state index in [1.807, 2.05) is 0 Å². The summed E-state index contributed by atoms with van der Waals surface area (Å²) < 4.78 is 0. The van der Waals surface area contributed by atoms with Crippen molar-refractivity contribution >= 4 is 70.9 Å². The van der Waals surface area contributed by atoms with Gasteiger partial charge in [0.1, 0.15) is 54.4 Å². The number of benzene rings is 1. The number of hydrogen-bond donors (Lipinski definition) is 16. The summed E-state index contributed by atoms with van der Waals surface area (Å²) in [5.74, 6) is -12.8. The van der Waals surface area contributed by atoms with E-state index in [4.69, 9.17) is 22.9 Å². The molecule has 0 saturated carbocycles. The third-order valence-corrected chi connectivity index (χ3v) is 10.5. The molecule has 0 fully saturated rings. The van der Waals surface area contributed by atoms with Gasteiger partial charge >= 0.3 is 0 Å². The van der Waals surface area contributed by atoms with Crippen LogP contribution in [0.2, 0.25) is 0 Å². The average Bonchev–Trinajstić information content (AvgIpc) is 3.31. The normalized spacial score (nSPS) is 15.2. The molecule has 28 heteroatoms. The Morgan fingerprint density at radius 1 is 0.521 bits per heavy atom. The van der Waals surface area contributed by atoms with Crippen LogP contribution in [0.15, 0.2) is 30.3 Å². The molecule has 0 unspecified atom stereocenters. The number of carbonyl (C=O) groups excluding carboxylic acids is 12. The number of carbonyl (C=O) groups is 12. The van der Waals surface area contributed by atoms with Crippen molar-refractivity contribution in [2.24, 2.45) is 34.8 Å². The number of primary amides is 3. The number of rotatable bonds is 32. The molecule has 0 saturated heterocycles. The van der Waals surface area contributed by atoms with Gasteiger partial charge in [-0.3, -0.25) is 57.5 Å². The second kappa shape index (κ2) is 31.0. The van der Waals surface area contributed by atoms with Crippen molar-refractivity contribution in [2.75, 3.05) is 26.4 Å². The van der Waals surface area contributed by atoms with Gasteiger partial charge < -0.3 is 86.1 Å². The van der Waals surface area contributed by atoms with Crippen LogP contribution in [0.4, 0.5) is 0 Å². The van der Waals surface area contributed by atoms with Crippen LogP contribution in [0.5, 0.6) is 0 Å². The third kappa shape index (κ3) is 22.3. The maximum absolute atomic E-state index is 13.7. The van der Waals surface area contributed by atoms with E-state index in [9.17, 15) is 72.9 Å². The number of nitrogens with two attached hydrogens (primary N) is 4. The summed E-state index contributed by atoms with van der Waals surface area (Å²) in [5, 5.41) is 49.3. The second-order valence-electron chi connectivity index (χ2n) is 17.0. The fourth-order valence-corrected chi connectivity index (χ4v) is 6.33. The van der Waals surface area contributed by atoms with E-state index in [2.05, 4.69) is 47.9 Å². The fraction of sp³-hybridized carbons (Fsp3) is 0.581. The molecule has 0 bridgehead atoms. The Bertz CT molecular complexity index is 2040. The van der Waals surface area contributed by atoms with Crippen LogP contribution in [0.25, 0.3) is 0 Å². The molecule has 0 radical (unpaired) electrons. The molecule has 20 N–H and O–H groups in total. The zero-order chi connectivity index (χ0) is 54.1. The van der Waals surface area contributed by atoms with Crippen molar-refractivity contribution in [1.82, 2.24) is 47.9 Å². The standard InChI is InChI=1S/C43H69N13O15/c1-6-21(4)34(43(71)53-25(12-20(2)3)39(67)55-30(19-59)42(70)54-29(18-58)35(47)63)56-36(64)22(5)49-33(62)16-48-38(66)26(13-23-10-8-7-9-11-23)51-41(69)28(15-32(46)61)52-40(68)27(14-31(45)60)50-37(65)24(44)17-57/h7-11,20-22,24-30,34,57-59H,6,12-19,44H2,1-5H3,(H2,45,60)(H2,46,61)(H2,47,63)(H,48,66)(H,49,62)(H,50,65)(H,51,69)(H,52,68)(H,53,71)(H,54,70)(H,55,67)(H,56,64)/t21-,22-,24-,25-,26-,27-,28-,29-,30-,34-/m0/s1. The first kappa shape index (κ1) is 61.7. The molecular weight excluding hydrogens is 939 g/mol. The zero-order valence-corrected chi connectivity index (χ0v) is 40.2. The van der Waals surface area contributed by atoms with Crippen LogP contribution in [0, 0.1) is 11.8 Å². The first-order valence-electron chi connectivity index (χ1n) is 22.5. The molecule has 0 spiro atoms. The van der Waals surface area contributed by atoms with Gasteiger partial charge in [0.05, 0.1) is 39.2 Å². The van der Waals surface area contributed by atoms with Gasteiger partial charge in [-0.25, -0.2) is 0 Å². The number of aliphatic hydroxyl groups is 3. The van der Waals surface area contributed by atoms with Gasteiger partial charge in [-0.1, -0.05) is 64.4 Å². The van der Waals surface area contributed by atoms with Crippen LogP contribution in [-0.4, -0.2) is 167 Å². The van der Waals surface area contributed by atoms with Gasteiger partial charge in [0.2, 0.25) is 70.9 Å². The molecule has 1 rings (SSSR count). The molecular formula is C43H69N13O15. The summed E-state index contributed by atoms with van der Waals surface area (Å²) in [6, 6.07) is -5.38. The number of amides is 12. The van der Waals surface area contributed by atoms with E-state index < -0.39 is 170 Å². The molecule has 0 aromatic heterocycles. The van der Waals surface area contributed by atoms with Crippen LogP contribution in [0.1, 0.15) is 65.9 Å². The molecule has 1 aromatic carbocycles. The Labute approximate surface area is 409 Å². The number of hydrogen-bond acceptors (Lipinski definition) is 16. The predicted molar refractivity (Wildman–Crippen MR) is 249 cm³/mol. The third-order valence-electron chi connectivity index (χ3n) is 10.5.